The molecule has 21 heavy (non-hydrogen) atoms. The molecule has 5 heteroatoms. The summed E-state index contributed by atoms with van der Waals surface area (Å²) in [6, 6.07) is 12.7. The smallest absolute Gasteiger partial charge is 0.125 e. The van der Waals surface area contributed by atoms with Crippen LogP contribution >= 0.6 is 34.3 Å². The first-order chi connectivity index (χ1) is 10.2. The van der Waals surface area contributed by atoms with Gasteiger partial charge in [0.05, 0.1) is 16.8 Å². The Morgan fingerprint density at radius 2 is 1.90 bits per heavy atom. The van der Waals surface area contributed by atoms with Crippen molar-refractivity contribution < 1.29 is 4.39 Å². The molecule has 0 fully saturated rings. The first-order valence-electron chi connectivity index (χ1n) is 6.50. The van der Waals surface area contributed by atoms with E-state index in [0.29, 0.717) is 10.7 Å². The maximum Gasteiger partial charge on any atom is 0.125 e. The van der Waals surface area contributed by atoms with Crippen LogP contribution in [0, 0.1) is 5.82 Å². The number of anilines is 1. The lowest BCUT2D eigenvalue weighted by atomic mass is 10.1. The number of rotatable bonds is 5. The molecule has 0 bridgehead atoms. The maximum absolute atomic E-state index is 13.4. The molecule has 3 aromatic rings. The van der Waals surface area contributed by atoms with E-state index in [4.69, 9.17) is 11.6 Å². The molecule has 0 saturated carbocycles. The van der Waals surface area contributed by atoms with Crippen LogP contribution in [0.2, 0.25) is 5.02 Å². The van der Waals surface area contributed by atoms with Gasteiger partial charge in [-0.3, -0.25) is 0 Å². The summed E-state index contributed by atoms with van der Waals surface area (Å²) in [4.78, 5) is 2.50. The summed E-state index contributed by atoms with van der Waals surface area (Å²) in [5.41, 5.74) is 0.631. The van der Waals surface area contributed by atoms with Gasteiger partial charge in [-0.2, -0.15) is 0 Å². The molecule has 1 unspecified atom stereocenters. The lowest BCUT2D eigenvalue weighted by Crippen LogP contribution is -2.12. The monoisotopic (exact) mass is 337 g/mol. The van der Waals surface area contributed by atoms with Gasteiger partial charge in [-0.25, -0.2) is 4.39 Å². The van der Waals surface area contributed by atoms with Crippen molar-refractivity contribution in [2.24, 2.45) is 0 Å². The summed E-state index contributed by atoms with van der Waals surface area (Å²) in [6.45, 7) is 0. The lowest BCUT2D eigenvalue weighted by Gasteiger charge is -2.19. The molecule has 0 spiro atoms. The van der Waals surface area contributed by atoms with Crippen LogP contribution in [0.25, 0.3) is 0 Å². The predicted octanol–water partition coefficient (Wildman–Crippen LogP) is 6.00. The summed E-state index contributed by atoms with van der Waals surface area (Å²) in [5.74, 6) is -0.289. The summed E-state index contributed by atoms with van der Waals surface area (Å²) in [6.07, 6.45) is 0.852. The van der Waals surface area contributed by atoms with Crippen LogP contribution in [0.4, 0.5) is 10.1 Å². The first-order valence-corrected chi connectivity index (χ1v) is 8.63. The van der Waals surface area contributed by atoms with Gasteiger partial charge < -0.3 is 5.32 Å². The van der Waals surface area contributed by atoms with Crippen LogP contribution in [-0.2, 0) is 6.42 Å². The molecule has 108 valence electrons. The SMILES string of the molecule is Fc1ccc(Cl)c(NC(Cc2cccs2)c2cccs2)c1. The number of nitrogens with one attached hydrogen (secondary N) is 1. The van der Waals surface area contributed by atoms with Gasteiger partial charge in [-0.05, 0) is 41.1 Å². The van der Waals surface area contributed by atoms with Crippen LogP contribution in [-0.4, -0.2) is 0 Å². The minimum atomic E-state index is -0.289. The van der Waals surface area contributed by atoms with E-state index in [9.17, 15) is 4.39 Å². The number of hydrogen-bond acceptors (Lipinski definition) is 3. The second-order valence-corrected chi connectivity index (χ2v) is 7.04. The Kier molecular flexibility index (Phi) is 4.58. The molecule has 0 saturated heterocycles. The average Bonchev–Trinajstić information content (AvgIpc) is 3.14. The highest BCUT2D eigenvalue weighted by molar-refractivity contribution is 7.10. The van der Waals surface area contributed by atoms with Gasteiger partial charge in [-0.15, -0.1) is 22.7 Å². The molecule has 1 N–H and O–H groups in total. The highest BCUT2D eigenvalue weighted by Gasteiger charge is 2.15. The molecule has 1 aromatic carbocycles. The number of benzene rings is 1. The molecule has 0 amide bonds. The number of thiophene rings is 2. The summed E-state index contributed by atoms with van der Waals surface area (Å²) in [5, 5.41) is 8.02. The minimum absolute atomic E-state index is 0.0861. The number of halogens is 2. The van der Waals surface area contributed by atoms with Gasteiger partial charge in [0.2, 0.25) is 0 Å². The quantitative estimate of drug-likeness (QED) is 0.602. The second-order valence-electron chi connectivity index (χ2n) is 4.62. The fraction of sp³-hybridized carbons (Fsp3) is 0.125. The molecule has 0 aliphatic rings. The van der Waals surface area contributed by atoms with Gasteiger partial charge >= 0.3 is 0 Å². The first kappa shape index (κ1) is 14.6. The molecular formula is C16H13ClFNS2. The Bertz CT molecular complexity index is 695. The van der Waals surface area contributed by atoms with E-state index in [2.05, 4.69) is 22.8 Å². The van der Waals surface area contributed by atoms with Crippen LogP contribution in [0.5, 0.6) is 0 Å². The van der Waals surface area contributed by atoms with E-state index in [1.165, 1.54) is 21.9 Å². The largest absolute Gasteiger partial charge is 0.376 e. The summed E-state index contributed by atoms with van der Waals surface area (Å²) in [7, 11) is 0. The fourth-order valence-corrected chi connectivity index (χ4v) is 3.84. The predicted molar refractivity (Wildman–Crippen MR) is 90.1 cm³/mol. The van der Waals surface area contributed by atoms with Crippen molar-refractivity contribution in [2.75, 3.05) is 5.32 Å². The molecule has 2 heterocycles. The summed E-state index contributed by atoms with van der Waals surface area (Å²) >= 11 is 9.57. The van der Waals surface area contributed by atoms with Crippen molar-refractivity contribution in [1.82, 2.24) is 0 Å². The molecule has 3 rings (SSSR count). The molecule has 0 radical (unpaired) electrons. The second kappa shape index (κ2) is 6.60. The fourth-order valence-electron chi connectivity index (χ4n) is 2.14. The molecular weight excluding hydrogens is 325 g/mol. The Hall–Kier alpha value is -1.36. The van der Waals surface area contributed by atoms with Crippen molar-refractivity contribution in [1.29, 1.82) is 0 Å². The summed E-state index contributed by atoms with van der Waals surface area (Å²) < 4.78 is 13.4. The topological polar surface area (TPSA) is 12.0 Å². The molecule has 1 nitrogen and oxygen atoms in total. The van der Waals surface area contributed by atoms with Crippen LogP contribution in [0.1, 0.15) is 15.8 Å². The molecule has 0 aliphatic carbocycles. The Balaban J connectivity index is 1.87. The van der Waals surface area contributed by atoms with Gasteiger partial charge in [-0.1, -0.05) is 23.7 Å². The zero-order chi connectivity index (χ0) is 14.7. The highest BCUT2D eigenvalue weighted by atomic mass is 35.5. The molecule has 2 aromatic heterocycles. The normalized spacial score (nSPS) is 12.3. The third kappa shape index (κ3) is 3.64. The average molecular weight is 338 g/mol. The van der Waals surface area contributed by atoms with E-state index in [0.717, 1.165) is 6.42 Å². The Labute approximate surface area is 136 Å². The lowest BCUT2D eigenvalue weighted by molar-refractivity contribution is 0.627. The van der Waals surface area contributed by atoms with E-state index >= 15 is 0 Å². The zero-order valence-electron chi connectivity index (χ0n) is 11.1. The van der Waals surface area contributed by atoms with Crippen LogP contribution in [0.15, 0.2) is 53.2 Å². The van der Waals surface area contributed by atoms with Gasteiger partial charge in [0, 0.05) is 16.2 Å². The standard InChI is InChI=1S/C16H13ClFNS2/c17-13-6-5-11(18)9-14(13)19-15(16-4-2-8-21-16)10-12-3-1-7-20-12/h1-9,15,19H,10H2. The maximum atomic E-state index is 13.4. The van der Waals surface area contributed by atoms with E-state index in [1.54, 1.807) is 28.7 Å². The zero-order valence-corrected chi connectivity index (χ0v) is 13.4. The van der Waals surface area contributed by atoms with Crippen molar-refractivity contribution in [3.8, 4) is 0 Å². The molecule has 0 aliphatic heterocycles. The molecule has 1 atom stereocenters. The third-order valence-corrected chi connectivity index (χ3v) is 5.34. The number of hydrogen-bond donors (Lipinski definition) is 1. The third-order valence-electron chi connectivity index (χ3n) is 3.13. The van der Waals surface area contributed by atoms with Gasteiger partial charge in [0.25, 0.3) is 0 Å². The van der Waals surface area contributed by atoms with Crippen LogP contribution < -0.4 is 5.32 Å². The van der Waals surface area contributed by atoms with Gasteiger partial charge in [0.1, 0.15) is 5.82 Å². The minimum Gasteiger partial charge on any atom is -0.376 e. The Morgan fingerprint density at radius 1 is 1.10 bits per heavy atom. The van der Waals surface area contributed by atoms with E-state index < -0.39 is 0 Å². The highest BCUT2D eigenvalue weighted by Crippen LogP contribution is 2.31. The van der Waals surface area contributed by atoms with Crippen molar-refractivity contribution in [3.05, 3.63) is 73.8 Å². The van der Waals surface area contributed by atoms with Crippen LogP contribution in [0.3, 0.4) is 0 Å². The Morgan fingerprint density at radius 3 is 2.62 bits per heavy atom. The van der Waals surface area contributed by atoms with Crippen molar-refractivity contribution >= 4 is 40.0 Å². The van der Waals surface area contributed by atoms with Crippen molar-refractivity contribution in [3.63, 3.8) is 0 Å². The van der Waals surface area contributed by atoms with Gasteiger partial charge in [0.15, 0.2) is 0 Å². The van der Waals surface area contributed by atoms with E-state index in [1.807, 2.05) is 17.5 Å². The van der Waals surface area contributed by atoms with Crippen molar-refractivity contribution in [2.45, 2.75) is 12.5 Å². The van der Waals surface area contributed by atoms with E-state index in [-0.39, 0.29) is 11.9 Å².